The fourth-order valence-electron chi connectivity index (χ4n) is 2.99. The highest BCUT2D eigenvalue weighted by Crippen LogP contribution is 2.46. The molecule has 0 aliphatic heterocycles. The van der Waals surface area contributed by atoms with Crippen molar-refractivity contribution in [1.29, 1.82) is 0 Å². The number of carbonyl (C=O) groups is 2. The molecule has 0 bridgehead atoms. The van der Waals surface area contributed by atoms with Crippen LogP contribution in [0.1, 0.15) is 28.6 Å². The highest BCUT2D eigenvalue weighted by molar-refractivity contribution is 6.03. The van der Waals surface area contributed by atoms with Gasteiger partial charge in [0.1, 0.15) is 5.58 Å². The van der Waals surface area contributed by atoms with Gasteiger partial charge >= 0.3 is 29.8 Å². The molecule has 0 fully saturated rings. The average molecular weight is 503 g/mol. The molecule has 6 nitrogen and oxygen atoms in total. The fraction of sp³-hybridized carbons (Fsp3) is 0.227. The van der Waals surface area contributed by atoms with Gasteiger partial charge in [-0.15, -0.1) is 0 Å². The van der Waals surface area contributed by atoms with Crippen molar-refractivity contribution < 1.29 is 44.7 Å². The molecule has 2 amide bonds. The third kappa shape index (κ3) is 4.84. The summed E-state index contributed by atoms with van der Waals surface area (Å²) >= 11 is 0. The number of fused-ring (bicyclic) bond motifs is 1. The molecule has 35 heavy (non-hydrogen) atoms. The third-order valence-electron chi connectivity index (χ3n) is 4.95. The minimum Gasteiger partial charge on any atom is -0.451 e. The zero-order valence-corrected chi connectivity index (χ0v) is 17.9. The van der Waals surface area contributed by atoms with Crippen LogP contribution in [0.5, 0.6) is 0 Å². The van der Waals surface area contributed by atoms with Gasteiger partial charge in [0.25, 0.3) is 0 Å². The smallest absolute Gasteiger partial charge is 0.451 e. The number of para-hydroxylation sites is 1. The quantitative estimate of drug-likeness (QED) is 0.259. The van der Waals surface area contributed by atoms with Crippen molar-refractivity contribution in [2.45, 2.75) is 31.9 Å². The summed E-state index contributed by atoms with van der Waals surface area (Å²) in [4.78, 5) is 24.0. The maximum atomic E-state index is 13.6. The SMILES string of the molecule is C/C(=N/NC(=O)c1oc2ccccc2c1C)c1cccc(NC(=O)C(F)(F)C(F)(F)C(F)(F)F)c1. The first-order valence-electron chi connectivity index (χ1n) is 9.74. The lowest BCUT2D eigenvalue weighted by Crippen LogP contribution is -2.57. The normalized spacial score (nSPS) is 13.1. The van der Waals surface area contributed by atoms with Crippen LogP contribution >= 0.6 is 0 Å². The van der Waals surface area contributed by atoms with Crippen LogP contribution in [-0.2, 0) is 4.79 Å². The molecule has 0 saturated heterocycles. The van der Waals surface area contributed by atoms with E-state index in [4.69, 9.17) is 4.42 Å². The number of amides is 2. The zero-order valence-electron chi connectivity index (χ0n) is 17.9. The number of carbonyl (C=O) groups excluding carboxylic acids is 2. The molecule has 0 spiro atoms. The van der Waals surface area contributed by atoms with Gasteiger partial charge < -0.3 is 9.73 Å². The Labute approximate surface area is 192 Å². The predicted molar refractivity (Wildman–Crippen MR) is 112 cm³/mol. The Morgan fingerprint density at radius 2 is 1.60 bits per heavy atom. The maximum absolute atomic E-state index is 13.6. The van der Waals surface area contributed by atoms with E-state index in [1.807, 2.05) is 0 Å². The van der Waals surface area contributed by atoms with Crippen molar-refractivity contribution in [3.05, 3.63) is 65.4 Å². The molecule has 2 N–H and O–H groups in total. The van der Waals surface area contributed by atoms with Crippen molar-refractivity contribution in [2.75, 3.05) is 5.32 Å². The van der Waals surface area contributed by atoms with Crippen molar-refractivity contribution in [3.8, 4) is 0 Å². The molecule has 0 unspecified atom stereocenters. The van der Waals surface area contributed by atoms with E-state index in [2.05, 4.69) is 10.5 Å². The molecule has 0 aliphatic rings. The lowest BCUT2D eigenvalue weighted by molar-refractivity contribution is -0.343. The molecule has 3 rings (SSSR count). The van der Waals surface area contributed by atoms with E-state index in [9.17, 15) is 40.3 Å². The summed E-state index contributed by atoms with van der Waals surface area (Å²) in [5.41, 5.74) is 3.01. The van der Waals surface area contributed by atoms with E-state index in [0.29, 0.717) is 11.1 Å². The van der Waals surface area contributed by atoms with Crippen LogP contribution < -0.4 is 10.7 Å². The number of nitrogens with zero attached hydrogens (tertiary/aromatic N) is 1. The molecular weight excluding hydrogens is 487 g/mol. The average Bonchev–Trinajstić information content (AvgIpc) is 3.13. The Morgan fingerprint density at radius 3 is 2.23 bits per heavy atom. The lowest BCUT2D eigenvalue weighted by Gasteiger charge is -2.27. The Bertz CT molecular complexity index is 1310. The topological polar surface area (TPSA) is 83.7 Å². The Morgan fingerprint density at radius 1 is 0.943 bits per heavy atom. The minimum absolute atomic E-state index is 0.00316. The van der Waals surface area contributed by atoms with Crippen LogP contribution in [0.15, 0.2) is 58.0 Å². The van der Waals surface area contributed by atoms with E-state index < -0.39 is 35.5 Å². The Kier molecular flexibility index (Phi) is 6.64. The standard InChI is InChI=1S/C22H16F7N3O3/c1-11-15-8-3-4-9-16(15)35-17(11)18(33)32-31-12(2)13-6-5-7-14(10-13)30-19(34)20(23,24)21(25,26)22(27,28)29/h3-10H,1-2H3,(H,30,34)(H,32,33)/b31-12-. The summed E-state index contributed by atoms with van der Waals surface area (Å²) in [7, 11) is 0. The van der Waals surface area contributed by atoms with Gasteiger partial charge in [-0.25, -0.2) is 5.43 Å². The fourth-order valence-corrected chi connectivity index (χ4v) is 2.99. The van der Waals surface area contributed by atoms with Gasteiger partial charge in [-0.3, -0.25) is 9.59 Å². The highest BCUT2D eigenvalue weighted by Gasteiger charge is 2.76. The number of halogens is 7. The summed E-state index contributed by atoms with van der Waals surface area (Å²) in [6.07, 6.45) is -6.64. The second-order valence-corrected chi connectivity index (χ2v) is 7.37. The van der Waals surface area contributed by atoms with E-state index >= 15 is 0 Å². The first-order chi connectivity index (χ1) is 16.2. The molecule has 13 heteroatoms. The second-order valence-electron chi connectivity index (χ2n) is 7.37. The number of benzene rings is 2. The number of hydrogen-bond donors (Lipinski definition) is 2. The summed E-state index contributed by atoms with van der Waals surface area (Å²) in [5, 5.41) is 5.91. The predicted octanol–water partition coefficient (Wildman–Crippen LogP) is 5.67. The molecule has 186 valence electrons. The number of furan rings is 1. The number of hydrazone groups is 1. The Balaban J connectivity index is 1.76. The molecule has 0 saturated carbocycles. The molecule has 0 aliphatic carbocycles. The highest BCUT2D eigenvalue weighted by atomic mass is 19.4. The van der Waals surface area contributed by atoms with E-state index in [1.165, 1.54) is 24.4 Å². The van der Waals surface area contributed by atoms with E-state index in [0.717, 1.165) is 17.5 Å². The number of alkyl halides is 7. The molecule has 1 heterocycles. The second kappa shape index (κ2) is 9.04. The van der Waals surface area contributed by atoms with Crippen LogP contribution in [0.3, 0.4) is 0 Å². The molecule has 0 atom stereocenters. The van der Waals surface area contributed by atoms with Crippen LogP contribution in [0.2, 0.25) is 0 Å². The summed E-state index contributed by atoms with van der Waals surface area (Å²) in [5.74, 6) is -16.2. The number of rotatable bonds is 6. The first kappa shape index (κ1) is 25.7. The summed E-state index contributed by atoms with van der Waals surface area (Å²) in [6.45, 7) is 3.06. The van der Waals surface area contributed by atoms with Crippen LogP contribution in [0, 0.1) is 6.92 Å². The van der Waals surface area contributed by atoms with Gasteiger partial charge in [0.2, 0.25) is 0 Å². The van der Waals surface area contributed by atoms with Crippen molar-refractivity contribution >= 4 is 34.2 Å². The van der Waals surface area contributed by atoms with Crippen LogP contribution in [-0.4, -0.2) is 35.5 Å². The Hall–Kier alpha value is -3.90. The number of nitrogens with one attached hydrogen (secondary N) is 2. The molecule has 0 radical (unpaired) electrons. The zero-order chi connectivity index (χ0) is 26.2. The molecular formula is C22H16F7N3O3. The summed E-state index contributed by atoms with van der Waals surface area (Å²) < 4.78 is 95.6. The van der Waals surface area contributed by atoms with Gasteiger partial charge in [-0.2, -0.15) is 35.8 Å². The van der Waals surface area contributed by atoms with E-state index in [-0.39, 0.29) is 17.0 Å². The van der Waals surface area contributed by atoms with Crippen LogP contribution in [0.4, 0.5) is 36.4 Å². The van der Waals surface area contributed by atoms with Crippen molar-refractivity contribution in [3.63, 3.8) is 0 Å². The lowest BCUT2D eigenvalue weighted by atomic mass is 10.1. The summed E-state index contributed by atoms with van der Waals surface area (Å²) in [6, 6.07) is 11.5. The molecule has 1 aromatic heterocycles. The van der Waals surface area contributed by atoms with Gasteiger partial charge in [0.15, 0.2) is 5.76 Å². The van der Waals surface area contributed by atoms with Crippen molar-refractivity contribution in [1.82, 2.24) is 5.43 Å². The largest absolute Gasteiger partial charge is 0.460 e. The maximum Gasteiger partial charge on any atom is 0.460 e. The van der Waals surface area contributed by atoms with Gasteiger partial charge in [0.05, 0.1) is 5.71 Å². The van der Waals surface area contributed by atoms with Gasteiger partial charge in [-0.1, -0.05) is 30.3 Å². The van der Waals surface area contributed by atoms with Gasteiger partial charge in [0, 0.05) is 16.6 Å². The van der Waals surface area contributed by atoms with Crippen molar-refractivity contribution in [2.24, 2.45) is 5.10 Å². The molecule has 3 aromatic rings. The van der Waals surface area contributed by atoms with Gasteiger partial charge in [-0.05, 0) is 37.6 Å². The number of anilines is 1. The minimum atomic E-state index is -6.64. The van der Waals surface area contributed by atoms with E-state index in [1.54, 1.807) is 31.2 Å². The monoisotopic (exact) mass is 503 g/mol. The number of hydrogen-bond acceptors (Lipinski definition) is 4. The third-order valence-corrected chi connectivity index (χ3v) is 4.95. The first-order valence-corrected chi connectivity index (χ1v) is 9.74. The molecule has 2 aromatic carbocycles. The number of aryl methyl sites for hydroxylation is 1. The van der Waals surface area contributed by atoms with Crippen LogP contribution in [0.25, 0.3) is 11.0 Å².